The van der Waals surface area contributed by atoms with Crippen molar-refractivity contribution in [3.8, 4) is 0 Å². The average Bonchev–Trinajstić information content (AvgIpc) is 2.35. The molecule has 0 radical (unpaired) electrons. The first kappa shape index (κ1) is 13.3. The fourth-order valence-corrected chi connectivity index (χ4v) is 2.10. The van der Waals surface area contributed by atoms with Gasteiger partial charge in [-0.25, -0.2) is 4.39 Å². The highest BCUT2D eigenvalue weighted by atomic mass is 127. The molecule has 0 saturated carbocycles. The van der Waals surface area contributed by atoms with Crippen molar-refractivity contribution in [3.05, 3.63) is 62.4 Å². The molecule has 5 heteroatoms. The second kappa shape index (κ2) is 5.67. The van der Waals surface area contributed by atoms with E-state index in [0.717, 1.165) is 3.57 Å². The molecule has 0 aliphatic rings. The number of hydrogen-bond donors (Lipinski definition) is 1. The van der Waals surface area contributed by atoms with Crippen LogP contribution in [0.2, 0.25) is 5.02 Å². The van der Waals surface area contributed by atoms with E-state index >= 15 is 0 Å². The molecule has 1 amide bonds. The van der Waals surface area contributed by atoms with E-state index < -0.39 is 5.82 Å². The van der Waals surface area contributed by atoms with Gasteiger partial charge in [-0.1, -0.05) is 23.7 Å². The van der Waals surface area contributed by atoms with Crippen LogP contribution >= 0.6 is 34.2 Å². The van der Waals surface area contributed by atoms with Gasteiger partial charge in [0.1, 0.15) is 5.82 Å². The zero-order valence-corrected chi connectivity index (χ0v) is 12.0. The van der Waals surface area contributed by atoms with E-state index in [4.69, 9.17) is 11.6 Å². The SMILES string of the molecule is O=C(Nc1ccccc1I)c1ccc(F)c(Cl)c1. The Morgan fingerprint density at radius 2 is 1.94 bits per heavy atom. The Morgan fingerprint density at radius 1 is 1.22 bits per heavy atom. The molecule has 0 bridgehead atoms. The van der Waals surface area contributed by atoms with E-state index in [0.29, 0.717) is 11.3 Å². The molecule has 2 aromatic rings. The molecule has 0 aliphatic carbocycles. The molecule has 0 heterocycles. The lowest BCUT2D eigenvalue weighted by atomic mass is 10.2. The Kier molecular flexibility index (Phi) is 4.19. The van der Waals surface area contributed by atoms with Crippen LogP contribution in [0.1, 0.15) is 10.4 Å². The zero-order chi connectivity index (χ0) is 13.1. The molecule has 0 aliphatic heterocycles. The third-order valence-corrected chi connectivity index (χ3v) is 3.53. The van der Waals surface area contributed by atoms with Gasteiger partial charge in [0.2, 0.25) is 0 Å². The summed E-state index contributed by atoms with van der Waals surface area (Å²) in [6, 6.07) is 11.3. The molecule has 2 aromatic carbocycles. The van der Waals surface area contributed by atoms with Gasteiger partial charge < -0.3 is 5.32 Å². The van der Waals surface area contributed by atoms with Crippen molar-refractivity contribution in [1.29, 1.82) is 0 Å². The number of carbonyl (C=O) groups is 1. The second-order valence-corrected chi connectivity index (χ2v) is 5.13. The van der Waals surface area contributed by atoms with Gasteiger partial charge in [-0.2, -0.15) is 0 Å². The highest BCUT2D eigenvalue weighted by molar-refractivity contribution is 14.1. The normalized spacial score (nSPS) is 10.2. The summed E-state index contributed by atoms with van der Waals surface area (Å²) >= 11 is 7.76. The maximum absolute atomic E-state index is 13.0. The van der Waals surface area contributed by atoms with Crippen molar-refractivity contribution in [2.24, 2.45) is 0 Å². The zero-order valence-electron chi connectivity index (χ0n) is 9.08. The summed E-state index contributed by atoms with van der Waals surface area (Å²) in [4.78, 5) is 11.9. The largest absolute Gasteiger partial charge is 0.321 e. The van der Waals surface area contributed by atoms with Gasteiger partial charge in [0.15, 0.2) is 0 Å². The van der Waals surface area contributed by atoms with Crippen molar-refractivity contribution >= 4 is 45.8 Å². The van der Waals surface area contributed by atoms with Crippen LogP contribution in [0.4, 0.5) is 10.1 Å². The van der Waals surface area contributed by atoms with Crippen molar-refractivity contribution < 1.29 is 9.18 Å². The smallest absolute Gasteiger partial charge is 0.255 e. The van der Waals surface area contributed by atoms with Crippen LogP contribution in [0.25, 0.3) is 0 Å². The first-order valence-corrected chi connectivity index (χ1v) is 6.54. The van der Waals surface area contributed by atoms with Crippen molar-refractivity contribution in [1.82, 2.24) is 0 Å². The van der Waals surface area contributed by atoms with Crippen LogP contribution in [-0.2, 0) is 0 Å². The van der Waals surface area contributed by atoms with E-state index in [1.807, 2.05) is 18.2 Å². The molecule has 0 saturated heterocycles. The number of amides is 1. The van der Waals surface area contributed by atoms with Crippen LogP contribution < -0.4 is 5.32 Å². The Balaban J connectivity index is 2.22. The van der Waals surface area contributed by atoms with Crippen molar-refractivity contribution in [2.75, 3.05) is 5.32 Å². The summed E-state index contributed by atoms with van der Waals surface area (Å²) in [5.74, 6) is -0.858. The van der Waals surface area contributed by atoms with Gasteiger partial charge in [0.25, 0.3) is 5.91 Å². The van der Waals surface area contributed by atoms with E-state index in [9.17, 15) is 9.18 Å². The lowest BCUT2D eigenvalue weighted by Gasteiger charge is -2.07. The number of carbonyl (C=O) groups excluding carboxylic acids is 1. The fraction of sp³-hybridized carbons (Fsp3) is 0. The quantitative estimate of drug-likeness (QED) is 0.778. The van der Waals surface area contributed by atoms with Crippen LogP contribution in [-0.4, -0.2) is 5.91 Å². The fourth-order valence-electron chi connectivity index (χ4n) is 1.39. The minimum absolute atomic E-state index is 0.0644. The van der Waals surface area contributed by atoms with Gasteiger partial charge in [-0.15, -0.1) is 0 Å². The monoisotopic (exact) mass is 375 g/mol. The van der Waals surface area contributed by atoms with E-state index in [-0.39, 0.29) is 10.9 Å². The summed E-state index contributed by atoms with van der Waals surface area (Å²) in [5, 5.41) is 2.68. The van der Waals surface area contributed by atoms with Crippen LogP contribution in [0.15, 0.2) is 42.5 Å². The Labute approximate surface area is 122 Å². The number of rotatable bonds is 2. The van der Waals surface area contributed by atoms with Crippen LogP contribution in [0.3, 0.4) is 0 Å². The topological polar surface area (TPSA) is 29.1 Å². The second-order valence-electron chi connectivity index (χ2n) is 3.56. The Bertz CT molecular complexity index is 603. The average molecular weight is 376 g/mol. The lowest BCUT2D eigenvalue weighted by molar-refractivity contribution is 0.102. The Hall–Kier alpha value is -1.14. The van der Waals surface area contributed by atoms with Gasteiger partial charge in [0.05, 0.1) is 10.7 Å². The van der Waals surface area contributed by atoms with Gasteiger partial charge in [-0.05, 0) is 52.9 Å². The molecule has 0 fully saturated rings. The molecule has 0 spiro atoms. The molecule has 2 rings (SSSR count). The summed E-state index contributed by atoms with van der Waals surface area (Å²) in [6.07, 6.45) is 0. The van der Waals surface area contributed by atoms with Gasteiger partial charge in [-0.3, -0.25) is 4.79 Å². The first-order valence-electron chi connectivity index (χ1n) is 5.09. The summed E-state index contributed by atoms with van der Waals surface area (Å²) in [6.45, 7) is 0. The van der Waals surface area contributed by atoms with E-state index in [2.05, 4.69) is 27.9 Å². The number of benzene rings is 2. The predicted octanol–water partition coefficient (Wildman–Crippen LogP) is 4.34. The predicted molar refractivity (Wildman–Crippen MR) is 78.5 cm³/mol. The summed E-state index contributed by atoms with van der Waals surface area (Å²) < 4.78 is 13.9. The van der Waals surface area contributed by atoms with Crippen LogP contribution in [0.5, 0.6) is 0 Å². The Morgan fingerprint density at radius 3 is 2.61 bits per heavy atom. The van der Waals surface area contributed by atoms with E-state index in [1.165, 1.54) is 18.2 Å². The highest BCUT2D eigenvalue weighted by Crippen LogP contribution is 2.20. The number of halogens is 3. The van der Waals surface area contributed by atoms with E-state index in [1.54, 1.807) is 6.07 Å². The lowest BCUT2D eigenvalue weighted by Crippen LogP contribution is -2.12. The number of nitrogens with one attached hydrogen (secondary N) is 1. The third kappa shape index (κ3) is 3.00. The number of hydrogen-bond acceptors (Lipinski definition) is 1. The molecule has 0 aromatic heterocycles. The molecule has 0 atom stereocenters. The highest BCUT2D eigenvalue weighted by Gasteiger charge is 2.10. The maximum Gasteiger partial charge on any atom is 0.255 e. The standard InChI is InChI=1S/C13H8ClFINO/c14-9-7-8(5-6-10(9)15)13(18)17-12-4-2-1-3-11(12)16/h1-7H,(H,17,18). The molecular weight excluding hydrogens is 368 g/mol. The molecule has 2 nitrogen and oxygen atoms in total. The van der Waals surface area contributed by atoms with Gasteiger partial charge >= 0.3 is 0 Å². The first-order chi connectivity index (χ1) is 8.58. The summed E-state index contributed by atoms with van der Waals surface area (Å²) in [5.41, 5.74) is 1.03. The van der Waals surface area contributed by atoms with Crippen molar-refractivity contribution in [3.63, 3.8) is 0 Å². The number of anilines is 1. The molecule has 18 heavy (non-hydrogen) atoms. The maximum atomic E-state index is 13.0. The minimum atomic E-state index is -0.539. The third-order valence-electron chi connectivity index (χ3n) is 2.30. The summed E-state index contributed by atoms with van der Waals surface area (Å²) in [7, 11) is 0. The molecular formula is C13H8ClFINO. The molecule has 92 valence electrons. The van der Waals surface area contributed by atoms with Crippen LogP contribution in [0, 0.1) is 9.39 Å². The van der Waals surface area contributed by atoms with Crippen molar-refractivity contribution in [2.45, 2.75) is 0 Å². The minimum Gasteiger partial charge on any atom is -0.321 e. The molecule has 0 unspecified atom stereocenters. The molecule has 1 N–H and O–H groups in total. The van der Waals surface area contributed by atoms with Gasteiger partial charge in [0, 0.05) is 9.13 Å². The number of para-hydroxylation sites is 1.